The van der Waals surface area contributed by atoms with Gasteiger partial charge in [0.15, 0.2) is 5.69 Å². The molecule has 2 aliphatic carbocycles. The van der Waals surface area contributed by atoms with Crippen molar-refractivity contribution < 1.29 is 9.90 Å². The molecule has 1 heterocycles. The monoisotopic (exact) mass is 297 g/mol. The highest BCUT2D eigenvalue weighted by molar-refractivity contribution is 5.86. The van der Waals surface area contributed by atoms with E-state index in [1.54, 1.807) is 10.7 Å². The fourth-order valence-electron chi connectivity index (χ4n) is 2.83. The summed E-state index contributed by atoms with van der Waals surface area (Å²) in [6, 6.07) is 12.0. The van der Waals surface area contributed by atoms with E-state index in [1.165, 1.54) is 25.7 Å². The van der Waals surface area contributed by atoms with Crippen LogP contribution in [-0.2, 0) is 0 Å². The lowest BCUT2D eigenvalue weighted by molar-refractivity contribution is 0.0690. The second-order valence-corrected chi connectivity index (χ2v) is 6.27. The van der Waals surface area contributed by atoms with Gasteiger partial charge in [-0.15, -0.1) is 0 Å². The highest BCUT2D eigenvalue weighted by Crippen LogP contribution is 2.38. The number of nitrogens with zero attached hydrogens (tertiary/aromatic N) is 3. The first-order chi connectivity index (χ1) is 10.7. The van der Waals surface area contributed by atoms with E-state index in [0.717, 1.165) is 24.0 Å². The van der Waals surface area contributed by atoms with Crippen LogP contribution in [0.4, 0.5) is 5.82 Å². The Kier molecular flexibility index (Phi) is 3.13. The smallest absolute Gasteiger partial charge is 0.356 e. The van der Waals surface area contributed by atoms with Gasteiger partial charge in [-0.2, -0.15) is 5.10 Å². The van der Waals surface area contributed by atoms with E-state index in [1.807, 2.05) is 30.3 Å². The van der Waals surface area contributed by atoms with E-state index >= 15 is 0 Å². The van der Waals surface area contributed by atoms with Gasteiger partial charge in [-0.25, -0.2) is 9.48 Å². The molecule has 0 saturated heterocycles. The number of rotatable bonds is 6. The zero-order valence-electron chi connectivity index (χ0n) is 12.4. The van der Waals surface area contributed by atoms with Crippen LogP contribution >= 0.6 is 0 Å². The number of carbonyl (C=O) groups is 1. The summed E-state index contributed by atoms with van der Waals surface area (Å²) in [5.41, 5.74) is 1.02. The highest BCUT2D eigenvalue weighted by Gasteiger charge is 2.36. The van der Waals surface area contributed by atoms with Crippen molar-refractivity contribution in [2.75, 3.05) is 11.4 Å². The lowest BCUT2D eigenvalue weighted by atomic mass is 10.3. The third-order valence-electron chi connectivity index (χ3n) is 4.34. The Morgan fingerprint density at radius 2 is 1.95 bits per heavy atom. The van der Waals surface area contributed by atoms with Gasteiger partial charge in [0.25, 0.3) is 0 Å². The summed E-state index contributed by atoms with van der Waals surface area (Å²) in [7, 11) is 0. The molecular formula is C17H19N3O2. The molecule has 2 aliphatic rings. The van der Waals surface area contributed by atoms with Crippen molar-refractivity contribution in [2.45, 2.75) is 31.7 Å². The molecule has 0 radical (unpaired) electrons. The second kappa shape index (κ2) is 5.16. The van der Waals surface area contributed by atoms with Crippen molar-refractivity contribution >= 4 is 11.8 Å². The van der Waals surface area contributed by atoms with Gasteiger partial charge in [0.05, 0.1) is 5.69 Å². The van der Waals surface area contributed by atoms with Gasteiger partial charge >= 0.3 is 5.97 Å². The maximum atomic E-state index is 11.3. The topological polar surface area (TPSA) is 58.4 Å². The van der Waals surface area contributed by atoms with Crippen LogP contribution in [0.15, 0.2) is 36.4 Å². The van der Waals surface area contributed by atoms with Crippen molar-refractivity contribution in [1.29, 1.82) is 0 Å². The maximum absolute atomic E-state index is 11.3. The predicted octanol–water partition coefficient (Wildman–Crippen LogP) is 2.95. The summed E-state index contributed by atoms with van der Waals surface area (Å²) in [4.78, 5) is 13.7. The number of carboxylic acid groups (broad SMARTS) is 1. The van der Waals surface area contributed by atoms with Crippen molar-refractivity contribution in [2.24, 2.45) is 5.92 Å². The number of aromatic nitrogens is 2. The van der Waals surface area contributed by atoms with Gasteiger partial charge in [0.1, 0.15) is 5.82 Å². The molecule has 0 aliphatic heterocycles. The molecular weight excluding hydrogens is 278 g/mol. The van der Waals surface area contributed by atoms with Crippen molar-refractivity contribution in [3.8, 4) is 5.69 Å². The van der Waals surface area contributed by atoms with Gasteiger partial charge in [-0.05, 0) is 43.7 Å². The molecule has 114 valence electrons. The molecule has 0 unspecified atom stereocenters. The Labute approximate surface area is 129 Å². The quantitative estimate of drug-likeness (QED) is 0.890. The molecule has 5 heteroatoms. The molecule has 2 aromatic rings. The summed E-state index contributed by atoms with van der Waals surface area (Å²) in [6.45, 7) is 1.02. The third kappa shape index (κ3) is 2.58. The summed E-state index contributed by atoms with van der Waals surface area (Å²) >= 11 is 0. The fraction of sp³-hybridized carbons (Fsp3) is 0.412. The van der Waals surface area contributed by atoms with Gasteiger partial charge in [-0.1, -0.05) is 18.2 Å². The number of anilines is 1. The van der Waals surface area contributed by atoms with Gasteiger partial charge in [0.2, 0.25) is 0 Å². The molecule has 1 N–H and O–H groups in total. The fourth-order valence-corrected chi connectivity index (χ4v) is 2.83. The van der Waals surface area contributed by atoms with Crippen molar-refractivity contribution in [3.05, 3.63) is 42.1 Å². The van der Waals surface area contributed by atoms with Crippen LogP contribution in [-0.4, -0.2) is 33.4 Å². The van der Waals surface area contributed by atoms with Crippen LogP contribution in [0.25, 0.3) is 5.69 Å². The van der Waals surface area contributed by atoms with E-state index in [4.69, 9.17) is 0 Å². The van der Waals surface area contributed by atoms with Crippen LogP contribution < -0.4 is 4.90 Å². The first kappa shape index (κ1) is 13.4. The summed E-state index contributed by atoms with van der Waals surface area (Å²) in [6.07, 6.45) is 4.95. The zero-order valence-corrected chi connectivity index (χ0v) is 12.4. The number of para-hydroxylation sites is 1. The van der Waals surface area contributed by atoms with E-state index < -0.39 is 5.97 Å². The van der Waals surface area contributed by atoms with E-state index in [9.17, 15) is 9.90 Å². The summed E-state index contributed by atoms with van der Waals surface area (Å²) in [5.74, 6) is 0.698. The molecule has 0 bridgehead atoms. The van der Waals surface area contributed by atoms with Crippen LogP contribution in [0, 0.1) is 5.92 Å². The number of benzene rings is 1. The molecule has 5 nitrogen and oxygen atoms in total. The number of aromatic carboxylic acids is 1. The van der Waals surface area contributed by atoms with Gasteiger partial charge in [0, 0.05) is 18.7 Å². The Morgan fingerprint density at radius 3 is 2.55 bits per heavy atom. The molecule has 0 spiro atoms. The SMILES string of the molecule is O=C(O)c1cc(N(CC2CC2)C2CC2)n(-c2ccccc2)n1. The Balaban J connectivity index is 1.76. The Bertz CT molecular complexity index is 687. The molecule has 2 fully saturated rings. The molecule has 0 amide bonds. The lowest BCUT2D eigenvalue weighted by Crippen LogP contribution is -2.30. The normalized spacial score (nSPS) is 17.5. The lowest BCUT2D eigenvalue weighted by Gasteiger charge is -2.25. The largest absolute Gasteiger partial charge is 0.476 e. The van der Waals surface area contributed by atoms with Crippen LogP contribution in [0.1, 0.15) is 36.2 Å². The third-order valence-corrected chi connectivity index (χ3v) is 4.34. The minimum Gasteiger partial charge on any atom is -0.476 e. The first-order valence-electron chi connectivity index (χ1n) is 7.88. The summed E-state index contributed by atoms with van der Waals surface area (Å²) in [5, 5.41) is 13.6. The van der Waals surface area contributed by atoms with Crippen LogP contribution in [0.5, 0.6) is 0 Å². The van der Waals surface area contributed by atoms with Crippen LogP contribution in [0.2, 0.25) is 0 Å². The highest BCUT2D eigenvalue weighted by atomic mass is 16.4. The first-order valence-corrected chi connectivity index (χ1v) is 7.88. The van der Waals surface area contributed by atoms with E-state index in [0.29, 0.717) is 6.04 Å². The average Bonchev–Trinajstić information content (AvgIpc) is 3.43. The Hall–Kier alpha value is -2.30. The van der Waals surface area contributed by atoms with E-state index in [2.05, 4.69) is 10.00 Å². The minimum atomic E-state index is -0.974. The zero-order chi connectivity index (χ0) is 15.1. The minimum absolute atomic E-state index is 0.111. The molecule has 1 aromatic heterocycles. The number of carboxylic acids is 1. The van der Waals surface area contributed by atoms with Crippen molar-refractivity contribution in [1.82, 2.24) is 9.78 Å². The molecule has 0 atom stereocenters. The molecule has 1 aromatic carbocycles. The Morgan fingerprint density at radius 1 is 1.23 bits per heavy atom. The van der Waals surface area contributed by atoms with Crippen molar-refractivity contribution in [3.63, 3.8) is 0 Å². The standard InChI is InChI=1S/C17H19N3O2/c21-17(22)15-10-16(19(13-8-9-13)11-12-6-7-12)20(18-15)14-4-2-1-3-5-14/h1-5,10,12-13H,6-9,11H2,(H,21,22). The molecule has 22 heavy (non-hydrogen) atoms. The summed E-state index contributed by atoms with van der Waals surface area (Å²) < 4.78 is 1.78. The molecule has 4 rings (SSSR count). The van der Waals surface area contributed by atoms with Gasteiger partial charge in [-0.3, -0.25) is 0 Å². The second-order valence-electron chi connectivity index (χ2n) is 6.27. The van der Waals surface area contributed by atoms with Crippen LogP contribution in [0.3, 0.4) is 0 Å². The number of hydrogen-bond acceptors (Lipinski definition) is 3. The average molecular weight is 297 g/mol. The van der Waals surface area contributed by atoms with Gasteiger partial charge < -0.3 is 10.0 Å². The predicted molar refractivity (Wildman–Crippen MR) is 83.6 cm³/mol. The maximum Gasteiger partial charge on any atom is 0.356 e. The number of hydrogen-bond donors (Lipinski definition) is 1. The van der Waals surface area contributed by atoms with E-state index in [-0.39, 0.29) is 5.69 Å². The molecule has 2 saturated carbocycles.